The van der Waals surface area contributed by atoms with E-state index < -0.39 is 0 Å². The van der Waals surface area contributed by atoms with Crippen LogP contribution in [0.2, 0.25) is 0 Å². The molecule has 3 aromatic rings. The molecular formula is C24H29N3O4. The highest BCUT2D eigenvalue weighted by Crippen LogP contribution is 2.34. The Morgan fingerprint density at radius 3 is 2.45 bits per heavy atom. The number of aromatic nitrogens is 2. The van der Waals surface area contributed by atoms with E-state index in [0.29, 0.717) is 30.1 Å². The van der Waals surface area contributed by atoms with Crippen LogP contribution in [0, 0.1) is 0 Å². The van der Waals surface area contributed by atoms with Gasteiger partial charge in [-0.05, 0) is 49.2 Å². The van der Waals surface area contributed by atoms with Crippen molar-refractivity contribution < 1.29 is 18.7 Å². The van der Waals surface area contributed by atoms with Gasteiger partial charge >= 0.3 is 0 Å². The predicted octanol–water partition coefficient (Wildman–Crippen LogP) is 4.88. The maximum atomic E-state index is 5.63. The first-order valence-electron chi connectivity index (χ1n) is 10.6. The summed E-state index contributed by atoms with van der Waals surface area (Å²) in [6, 6.07) is 14.3. The average Bonchev–Trinajstić information content (AvgIpc) is 3.16. The van der Waals surface area contributed by atoms with Crippen LogP contribution in [0.4, 0.5) is 0 Å². The molecule has 164 valence electrons. The van der Waals surface area contributed by atoms with Crippen molar-refractivity contribution in [2.24, 2.45) is 0 Å². The second-order valence-electron chi connectivity index (χ2n) is 7.69. The minimum atomic E-state index is 0.319. The summed E-state index contributed by atoms with van der Waals surface area (Å²) >= 11 is 0. The molecule has 0 N–H and O–H groups in total. The number of rotatable bonds is 7. The molecule has 2 aromatic carbocycles. The van der Waals surface area contributed by atoms with E-state index >= 15 is 0 Å². The number of hydrogen-bond donors (Lipinski definition) is 0. The Morgan fingerprint density at radius 2 is 1.71 bits per heavy atom. The van der Waals surface area contributed by atoms with E-state index in [9.17, 15) is 0 Å². The molecule has 4 rings (SSSR count). The van der Waals surface area contributed by atoms with Crippen LogP contribution in [-0.4, -0.2) is 42.9 Å². The molecule has 0 aliphatic carbocycles. The highest BCUT2D eigenvalue weighted by atomic mass is 16.5. The van der Waals surface area contributed by atoms with Gasteiger partial charge in [0.15, 0.2) is 0 Å². The number of ether oxygens (including phenoxy) is 3. The molecule has 0 radical (unpaired) electrons. The van der Waals surface area contributed by atoms with Gasteiger partial charge in [0.1, 0.15) is 17.2 Å². The second-order valence-corrected chi connectivity index (χ2v) is 7.69. The van der Waals surface area contributed by atoms with Gasteiger partial charge in [0.05, 0.1) is 33.4 Å². The van der Waals surface area contributed by atoms with Crippen LogP contribution < -0.4 is 14.2 Å². The van der Waals surface area contributed by atoms with Gasteiger partial charge in [-0.2, -0.15) is 4.98 Å². The molecule has 0 saturated carbocycles. The van der Waals surface area contributed by atoms with Gasteiger partial charge in [0.2, 0.25) is 11.7 Å². The van der Waals surface area contributed by atoms with E-state index in [4.69, 9.17) is 18.7 Å². The molecule has 1 aromatic heterocycles. The largest absolute Gasteiger partial charge is 0.497 e. The van der Waals surface area contributed by atoms with Crippen LogP contribution in [0.1, 0.15) is 43.2 Å². The third kappa shape index (κ3) is 4.82. The van der Waals surface area contributed by atoms with Gasteiger partial charge < -0.3 is 18.7 Å². The zero-order chi connectivity index (χ0) is 21.6. The summed E-state index contributed by atoms with van der Waals surface area (Å²) in [5.74, 6) is 3.37. The lowest BCUT2D eigenvalue weighted by atomic mass is 10.0. The minimum Gasteiger partial charge on any atom is -0.497 e. The van der Waals surface area contributed by atoms with Gasteiger partial charge in [-0.15, -0.1) is 0 Å². The average molecular weight is 424 g/mol. The van der Waals surface area contributed by atoms with Crippen LogP contribution in [0.25, 0.3) is 11.4 Å². The van der Waals surface area contributed by atoms with Crippen LogP contribution in [0.5, 0.6) is 17.2 Å². The molecule has 31 heavy (non-hydrogen) atoms. The second kappa shape index (κ2) is 9.83. The van der Waals surface area contributed by atoms with Crippen molar-refractivity contribution in [3.05, 3.63) is 53.9 Å². The summed E-state index contributed by atoms with van der Waals surface area (Å²) in [4.78, 5) is 7.11. The highest BCUT2D eigenvalue weighted by molar-refractivity contribution is 5.65. The van der Waals surface area contributed by atoms with E-state index in [1.807, 2.05) is 30.3 Å². The molecule has 0 bridgehead atoms. The number of likely N-dealkylation sites (tertiary alicyclic amines) is 1. The van der Waals surface area contributed by atoms with E-state index in [2.05, 4.69) is 27.2 Å². The minimum absolute atomic E-state index is 0.319. The van der Waals surface area contributed by atoms with Crippen molar-refractivity contribution in [2.75, 3.05) is 27.9 Å². The normalized spacial score (nSPS) is 17.2. The number of nitrogens with zero attached hydrogens (tertiary/aromatic N) is 3. The van der Waals surface area contributed by atoms with Crippen LogP contribution in [0.3, 0.4) is 0 Å². The molecule has 7 nitrogen and oxygen atoms in total. The summed E-state index contributed by atoms with van der Waals surface area (Å²) in [5.41, 5.74) is 2.07. The predicted molar refractivity (Wildman–Crippen MR) is 117 cm³/mol. The topological polar surface area (TPSA) is 69.9 Å². The molecule has 1 unspecified atom stereocenters. The molecule has 2 heterocycles. The maximum absolute atomic E-state index is 5.63. The number of benzene rings is 2. The summed E-state index contributed by atoms with van der Waals surface area (Å²) in [5, 5.41) is 4.21. The molecule has 1 fully saturated rings. The monoisotopic (exact) mass is 423 g/mol. The molecule has 1 aliphatic rings. The molecular weight excluding hydrogens is 394 g/mol. The lowest BCUT2D eigenvalue weighted by Crippen LogP contribution is -2.28. The third-order valence-corrected chi connectivity index (χ3v) is 5.82. The van der Waals surface area contributed by atoms with E-state index in [-0.39, 0.29) is 0 Å². The Labute approximate surface area is 182 Å². The fourth-order valence-electron chi connectivity index (χ4n) is 4.15. The molecule has 0 amide bonds. The van der Waals surface area contributed by atoms with Crippen molar-refractivity contribution in [1.29, 1.82) is 0 Å². The van der Waals surface area contributed by atoms with Crippen molar-refractivity contribution in [1.82, 2.24) is 15.0 Å². The van der Waals surface area contributed by atoms with E-state index in [0.717, 1.165) is 30.0 Å². The summed E-state index contributed by atoms with van der Waals surface area (Å²) in [7, 11) is 4.94. The van der Waals surface area contributed by atoms with E-state index in [1.54, 1.807) is 21.3 Å². The third-order valence-electron chi connectivity index (χ3n) is 5.82. The first kappa shape index (κ1) is 21.2. The van der Waals surface area contributed by atoms with E-state index in [1.165, 1.54) is 24.8 Å². The van der Waals surface area contributed by atoms with Crippen molar-refractivity contribution >= 4 is 0 Å². The zero-order valence-electron chi connectivity index (χ0n) is 18.3. The lowest BCUT2D eigenvalue weighted by molar-refractivity contribution is 0.168. The number of hydrogen-bond acceptors (Lipinski definition) is 7. The smallest absolute Gasteiger partial charge is 0.241 e. The van der Waals surface area contributed by atoms with Crippen molar-refractivity contribution in [2.45, 2.75) is 38.3 Å². The Balaban J connectivity index is 1.55. The SMILES string of the molecule is COc1ccc(C2CCCCCN2Cc2nc(-c3ccc(OC)cc3OC)no2)cc1. The van der Waals surface area contributed by atoms with Gasteiger partial charge in [0, 0.05) is 12.1 Å². The fourth-order valence-corrected chi connectivity index (χ4v) is 4.15. The van der Waals surface area contributed by atoms with Gasteiger partial charge in [-0.1, -0.05) is 30.1 Å². The Morgan fingerprint density at radius 1 is 0.935 bits per heavy atom. The molecule has 0 spiro atoms. The van der Waals surface area contributed by atoms with Gasteiger partial charge in [-0.3, -0.25) is 4.90 Å². The van der Waals surface area contributed by atoms with Crippen molar-refractivity contribution in [3.8, 4) is 28.6 Å². The standard InChI is InChI=1S/C24H29N3O4/c1-28-18-10-8-17(9-11-18)21-7-5-4-6-14-27(21)16-23-25-24(26-31-23)20-13-12-19(29-2)15-22(20)30-3/h8-13,15,21H,4-7,14,16H2,1-3H3. The molecule has 1 aliphatic heterocycles. The fraction of sp³-hybridized carbons (Fsp3) is 0.417. The summed E-state index contributed by atoms with van der Waals surface area (Å²) < 4.78 is 21.7. The first-order valence-corrected chi connectivity index (χ1v) is 10.6. The van der Waals surface area contributed by atoms with Crippen LogP contribution in [-0.2, 0) is 6.54 Å². The molecule has 1 atom stereocenters. The van der Waals surface area contributed by atoms with Crippen molar-refractivity contribution in [3.63, 3.8) is 0 Å². The molecule has 7 heteroatoms. The maximum Gasteiger partial charge on any atom is 0.241 e. The highest BCUT2D eigenvalue weighted by Gasteiger charge is 2.25. The Kier molecular flexibility index (Phi) is 6.72. The molecule has 1 saturated heterocycles. The van der Waals surface area contributed by atoms with Gasteiger partial charge in [-0.25, -0.2) is 0 Å². The summed E-state index contributed by atoms with van der Waals surface area (Å²) in [6.45, 7) is 1.61. The van der Waals surface area contributed by atoms with Crippen LogP contribution in [0.15, 0.2) is 47.0 Å². The summed E-state index contributed by atoms with van der Waals surface area (Å²) in [6.07, 6.45) is 4.73. The number of methoxy groups -OCH3 is 3. The quantitative estimate of drug-likeness (QED) is 0.536. The Bertz CT molecular complexity index is 987. The lowest BCUT2D eigenvalue weighted by Gasteiger charge is -2.29. The van der Waals surface area contributed by atoms with Crippen LogP contribution >= 0.6 is 0 Å². The van der Waals surface area contributed by atoms with Gasteiger partial charge in [0.25, 0.3) is 0 Å². The zero-order valence-corrected chi connectivity index (χ0v) is 18.3. The first-order chi connectivity index (χ1) is 15.2. The Hall–Kier alpha value is -3.06.